The van der Waals surface area contributed by atoms with Crippen molar-refractivity contribution in [1.29, 1.82) is 0 Å². The monoisotopic (exact) mass is 190 g/mol. The predicted octanol–water partition coefficient (Wildman–Crippen LogP) is -1.72. The number of aliphatic hydroxyl groups is 1. The predicted molar refractivity (Wildman–Crippen MR) is 44.9 cm³/mol. The van der Waals surface area contributed by atoms with Gasteiger partial charge in [0.05, 0.1) is 6.10 Å². The molecule has 0 heterocycles. The summed E-state index contributed by atoms with van der Waals surface area (Å²) < 4.78 is 0. The lowest BCUT2D eigenvalue weighted by Gasteiger charge is -2.16. The van der Waals surface area contributed by atoms with E-state index in [0.29, 0.717) is 0 Å². The van der Waals surface area contributed by atoms with Gasteiger partial charge < -0.3 is 21.3 Å². The minimum atomic E-state index is -1.15. The molecule has 3 atom stereocenters. The summed E-state index contributed by atoms with van der Waals surface area (Å²) in [6.07, 6.45) is -0.999. The highest BCUT2D eigenvalue weighted by atomic mass is 16.4. The molecule has 13 heavy (non-hydrogen) atoms. The molecule has 0 unspecified atom stereocenters. The van der Waals surface area contributed by atoms with Gasteiger partial charge in [-0.25, -0.2) is 0 Å². The number of aliphatic carboxylic acids is 1. The number of nitrogens with two attached hydrogens (primary N) is 1. The zero-order valence-electron chi connectivity index (χ0n) is 7.52. The number of carboxylic acid groups (broad SMARTS) is 1. The lowest BCUT2D eigenvalue weighted by molar-refractivity contribution is -0.141. The summed E-state index contributed by atoms with van der Waals surface area (Å²) in [6, 6.07) is -2.10. The Kier molecular flexibility index (Phi) is 4.36. The molecule has 0 saturated heterocycles. The lowest BCUT2D eigenvalue weighted by Crippen LogP contribution is -2.51. The second-order valence-corrected chi connectivity index (χ2v) is 2.83. The molecule has 0 aliphatic carbocycles. The van der Waals surface area contributed by atoms with E-state index in [0.717, 1.165) is 0 Å². The molecule has 0 aromatic carbocycles. The first-order valence-electron chi connectivity index (χ1n) is 3.83. The first-order chi connectivity index (χ1) is 5.86. The van der Waals surface area contributed by atoms with Gasteiger partial charge in [0.25, 0.3) is 0 Å². The SMILES string of the molecule is C[C@@H](NC(=O)[C@@H](N)[C@@H](C)O)C(=O)O. The molecule has 0 rings (SSSR count). The van der Waals surface area contributed by atoms with Crippen LogP contribution in [-0.2, 0) is 9.59 Å². The van der Waals surface area contributed by atoms with E-state index < -0.39 is 30.1 Å². The molecule has 5 N–H and O–H groups in total. The standard InChI is InChI=1S/C7H14N2O4/c1-3(7(12)13)9-6(11)5(8)4(2)10/h3-5,10H,8H2,1-2H3,(H,9,11)(H,12,13)/t3-,4-,5+/m1/s1. The summed E-state index contributed by atoms with van der Waals surface area (Å²) in [7, 11) is 0. The fraction of sp³-hybridized carbons (Fsp3) is 0.714. The molecule has 6 nitrogen and oxygen atoms in total. The van der Waals surface area contributed by atoms with Crippen LogP contribution in [0, 0.1) is 0 Å². The molecule has 0 saturated carbocycles. The van der Waals surface area contributed by atoms with Crippen molar-refractivity contribution in [1.82, 2.24) is 5.32 Å². The Morgan fingerprint density at radius 2 is 1.85 bits per heavy atom. The van der Waals surface area contributed by atoms with E-state index in [1.807, 2.05) is 0 Å². The summed E-state index contributed by atoms with van der Waals surface area (Å²) in [5, 5.41) is 19.5. The molecule has 0 aliphatic rings. The van der Waals surface area contributed by atoms with Crippen molar-refractivity contribution in [2.24, 2.45) is 5.73 Å². The number of aliphatic hydroxyl groups excluding tert-OH is 1. The number of carboxylic acids is 1. The highest BCUT2D eigenvalue weighted by Gasteiger charge is 2.22. The second kappa shape index (κ2) is 4.78. The fourth-order valence-electron chi connectivity index (χ4n) is 0.590. The van der Waals surface area contributed by atoms with Crippen LogP contribution in [0.3, 0.4) is 0 Å². The normalized spacial score (nSPS) is 17.2. The van der Waals surface area contributed by atoms with Gasteiger partial charge >= 0.3 is 5.97 Å². The number of hydrogen-bond acceptors (Lipinski definition) is 4. The van der Waals surface area contributed by atoms with E-state index in [2.05, 4.69) is 5.32 Å². The third-order valence-electron chi connectivity index (χ3n) is 1.55. The topological polar surface area (TPSA) is 113 Å². The van der Waals surface area contributed by atoms with Gasteiger partial charge in [-0.3, -0.25) is 9.59 Å². The quantitative estimate of drug-likeness (QED) is 0.421. The van der Waals surface area contributed by atoms with Crippen LogP contribution in [-0.4, -0.2) is 40.3 Å². The number of rotatable bonds is 4. The smallest absolute Gasteiger partial charge is 0.325 e. The van der Waals surface area contributed by atoms with E-state index in [-0.39, 0.29) is 0 Å². The van der Waals surface area contributed by atoms with Gasteiger partial charge in [-0.2, -0.15) is 0 Å². The number of hydrogen-bond donors (Lipinski definition) is 4. The molecular weight excluding hydrogens is 176 g/mol. The van der Waals surface area contributed by atoms with Crippen LogP contribution in [0.1, 0.15) is 13.8 Å². The Morgan fingerprint density at radius 3 is 2.15 bits per heavy atom. The molecule has 1 amide bonds. The second-order valence-electron chi connectivity index (χ2n) is 2.83. The third-order valence-corrected chi connectivity index (χ3v) is 1.55. The third kappa shape index (κ3) is 3.86. The van der Waals surface area contributed by atoms with E-state index in [9.17, 15) is 9.59 Å². The van der Waals surface area contributed by atoms with Crippen LogP contribution in [0.15, 0.2) is 0 Å². The Balaban J connectivity index is 4.08. The zero-order chi connectivity index (χ0) is 10.6. The maximum atomic E-state index is 11.0. The van der Waals surface area contributed by atoms with E-state index >= 15 is 0 Å². The fourth-order valence-corrected chi connectivity index (χ4v) is 0.590. The average Bonchev–Trinajstić information content (AvgIpc) is 2.02. The van der Waals surface area contributed by atoms with Gasteiger partial charge in [0.1, 0.15) is 12.1 Å². The summed E-state index contributed by atoms with van der Waals surface area (Å²) in [4.78, 5) is 21.3. The summed E-state index contributed by atoms with van der Waals surface area (Å²) in [5.74, 6) is -1.82. The van der Waals surface area contributed by atoms with Crippen molar-refractivity contribution >= 4 is 11.9 Å². The van der Waals surface area contributed by atoms with Crippen LogP contribution in [0.5, 0.6) is 0 Å². The summed E-state index contributed by atoms with van der Waals surface area (Å²) >= 11 is 0. The Morgan fingerprint density at radius 1 is 1.38 bits per heavy atom. The highest BCUT2D eigenvalue weighted by molar-refractivity contribution is 5.86. The van der Waals surface area contributed by atoms with Crippen molar-refractivity contribution < 1.29 is 19.8 Å². The van der Waals surface area contributed by atoms with Gasteiger partial charge in [-0.15, -0.1) is 0 Å². The van der Waals surface area contributed by atoms with Crippen molar-refractivity contribution in [3.8, 4) is 0 Å². The number of nitrogens with one attached hydrogen (secondary N) is 1. The van der Waals surface area contributed by atoms with E-state index in [1.165, 1.54) is 13.8 Å². The molecule has 0 aromatic rings. The van der Waals surface area contributed by atoms with Crippen molar-refractivity contribution in [3.63, 3.8) is 0 Å². The van der Waals surface area contributed by atoms with Gasteiger partial charge in [0.2, 0.25) is 5.91 Å². The van der Waals surface area contributed by atoms with Crippen molar-refractivity contribution in [2.45, 2.75) is 32.0 Å². The van der Waals surface area contributed by atoms with Gasteiger partial charge in [-0.1, -0.05) is 0 Å². The molecule has 0 radical (unpaired) electrons. The van der Waals surface area contributed by atoms with Crippen LogP contribution in [0.25, 0.3) is 0 Å². The number of carbonyl (C=O) groups excluding carboxylic acids is 1. The Labute approximate surface area is 75.7 Å². The van der Waals surface area contributed by atoms with Gasteiger partial charge in [0.15, 0.2) is 0 Å². The maximum Gasteiger partial charge on any atom is 0.325 e. The minimum absolute atomic E-state index is 0.676. The number of amides is 1. The summed E-state index contributed by atoms with van der Waals surface area (Å²) in [5.41, 5.74) is 5.25. The molecular formula is C7H14N2O4. The van der Waals surface area contributed by atoms with Crippen LogP contribution in [0.2, 0.25) is 0 Å². The Hall–Kier alpha value is -1.14. The first-order valence-corrected chi connectivity index (χ1v) is 3.83. The molecule has 6 heteroatoms. The first kappa shape index (κ1) is 11.9. The Bertz CT molecular complexity index is 205. The van der Waals surface area contributed by atoms with Crippen LogP contribution in [0.4, 0.5) is 0 Å². The zero-order valence-corrected chi connectivity index (χ0v) is 7.52. The van der Waals surface area contributed by atoms with Crippen molar-refractivity contribution in [3.05, 3.63) is 0 Å². The largest absolute Gasteiger partial charge is 0.480 e. The highest BCUT2D eigenvalue weighted by Crippen LogP contribution is 1.90. The lowest BCUT2D eigenvalue weighted by atomic mass is 10.2. The number of carbonyl (C=O) groups is 2. The van der Waals surface area contributed by atoms with Crippen molar-refractivity contribution in [2.75, 3.05) is 0 Å². The average molecular weight is 190 g/mol. The molecule has 76 valence electrons. The molecule has 0 aromatic heterocycles. The van der Waals surface area contributed by atoms with Crippen LogP contribution < -0.4 is 11.1 Å². The summed E-state index contributed by atoms with van der Waals surface area (Å²) in [6.45, 7) is 2.67. The molecule has 0 fully saturated rings. The van der Waals surface area contributed by atoms with Gasteiger partial charge in [-0.05, 0) is 13.8 Å². The minimum Gasteiger partial charge on any atom is -0.480 e. The molecule has 0 aliphatic heterocycles. The van der Waals surface area contributed by atoms with Crippen LogP contribution >= 0.6 is 0 Å². The maximum absolute atomic E-state index is 11.0. The molecule has 0 spiro atoms. The molecule has 0 bridgehead atoms. The van der Waals surface area contributed by atoms with E-state index in [4.69, 9.17) is 15.9 Å². The van der Waals surface area contributed by atoms with Gasteiger partial charge in [0, 0.05) is 0 Å². The van der Waals surface area contributed by atoms with E-state index in [1.54, 1.807) is 0 Å².